The van der Waals surface area contributed by atoms with E-state index < -0.39 is 0 Å². The third-order valence-corrected chi connectivity index (χ3v) is 9.99. The summed E-state index contributed by atoms with van der Waals surface area (Å²) in [6.07, 6.45) is 9.32. The van der Waals surface area contributed by atoms with E-state index in [0.717, 1.165) is 102 Å². The van der Waals surface area contributed by atoms with Crippen molar-refractivity contribution in [1.29, 1.82) is 0 Å². The minimum atomic E-state index is 0.299. The third-order valence-electron chi connectivity index (χ3n) is 9.62. The molecular weight excluding hydrogens is 572 g/mol. The number of ether oxygens (including phenoxy) is 1. The zero-order valence-corrected chi connectivity index (χ0v) is 26.2. The zero-order chi connectivity index (χ0) is 30.0. The van der Waals surface area contributed by atoms with Gasteiger partial charge in [-0.05, 0) is 61.9 Å². The Kier molecular flexibility index (Phi) is 8.53. The zero-order valence-electron chi connectivity index (χ0n) is 25.4. The van der Waals surface area contributed by atoms with Crippen LogP contribution in [0, 0.1) is 0 Å². The monoisotopic (exact) mass is 612 g/mol. The Hall–Kier alpha value is -3.50. The van der Waals surface area contributed by atoms with Crippen LogP contribution in [0.5, 0.6) is 0 Å². The molecule has 9 nitrogen and oxygen atoms in total. The topological polar surface area (TPSA) is 90.3 Å². The summed E-state index contributed by atoms with van der Waals surface area (Å²) in [5.41, 5.74) is 11.4. The van der Waals surface area contributed by atoms with Crippen molar-refractivity contribution < 1.29 is 4.74 Å². The van der Waals surface area contributed by atoms with Gasteiger partial charge in [-0.2, -0.15) is 5.10 Å². The lowest BCUT2D eigenvalue weighted by molar-refractivity contribution is 0.0662. The van der Waals surface area contributed by atoms with E-state index in [1.807, 2.05) is 18.2 Å². The quantitative estimate of drug-likeness (QED) is 0.208. The number of hydrogen-bond acceptors (Lipinski definition) is 7. The van der Waals surface area contributed by atoms with Crippen LogP contribution < -0.4 is 5.73 Å². The molecule has 230 valence electrons. The number of benzene rings is 2. The number of halogens is 1. The second-order valence-corrected chi connectivity index (χ2v) is 12.7. The lowest BCUT2D eigenvalue weighted by Crippen LogP contribution is -2.51. The van der Waals surface area contributed by atoms with Crippen molar-refractivity contribution in [3.8, 4) is 11.3 Å². The predicted octanol–water partition coefficient (Wildman–Crippen LogP) is 5.87. The molecule has 2 fully saturated rings. The first-order valence-corrected chi connectivity index (χ1v) is 16.2. The third kappa shape index (κ3) is 5.81. The van der Waals surface area contributed by atoms with Gasteiger partial charge < -0.3 is 19.9 Å². The van der Waals surface area contributed by atoms with E-state index in [1.165, 1.54) is 12.8 Å². The molecule has 0 atom stereocenters. The fourth-order valence-corrected chi connectivity index (χ4v) is 7.40. The average Bonchev–Trinajstić information content (AvgIpc) is 3.65. The minimum absolute atomic E-state index is 0.299. The summed E-state index contributed by atoms with van der Waals surface area (Å²) in [5.74, 6) is 0.477. The molecule has 1 saturated heterocycles. The molecule has 1 saturated carbocycles. The molecule has 2 aromatic carbocycles. The molecule has 0 unspecified atom stereocenters. The molecule has 1 aliphatic carbocycles. The Balaban J connectivity index is 1.09. The van der Waals surface area contributed by atoms with Gasteiger partial charge in [0, 0.05) is 86.7 Å². The number of fused-ring (bicyclic) bond motifs is 2. The van der Waals surface area contributed by atoms with E-state index in [2.05, 4.69) is 60.6 Å². The summed E-state index contributed by atoms with van der Waals surface area (Å²) >= 11 is 6.45. The number of anilines is 1. The van der Waals surface area contributed by atoms with Crippen LogP contribution in [0.25, 0.3) is 33.2 Å². The van der Waals surface area contributed by atoms with Crippen LogP contribution in [-0.4, -0.2) is 86.6 Å². The van der Waals surface area contributed by atoms with Crippen LogP contribution in [0.2, 0.25) is 5.02 Å². The van der Waals surface area contributed by atoms with Crippen molar-refractivity contribution in [3.05, 3.63) is 71.6 Å². The lowest BCUT2D eigenvalue weighted by Gasteiger charge is -2.42. The lowest BCUT2D eigenvalue weighted by atomic mass is 9.90. The first-order chi connectivity index (χ1) is 21.6. The van der Waals surface area contributed by atoms with Crippen molar-refractivity contribution in [2.24, 2.45) is 0 Å². The van der Waals surface area contributed by atoms with Crippen molar-refractivity contribution >= 4 is 39.4 Å². The van der Waals surface area contributed by atoms with E-state index in [4.69, 9.17) is 32.2 Å². The number of nitrogens with two attached hydrogens (primary N) is 1. The summed E-state index contributed by atoms with van der Waals surface area (Å²) in [5, 5.41) is 7.97. The Morgan fingerprint density at radius 1 is 0.955 bits per heavy atom. The standard InChI is InChI=1S/C34H41ClN8O/c1-44-20-4-14-40-16-18-41(19-17-40)27-8-10-28(11-9-27)43-34-31(33(36)37-23-38-34)32(39-43)25-7-12-30-24(21-25)13-15-42(30)22-26-5-2-3-6-29(26)35/h2-3,5-7,12-13,15,21,23,27-28H,4,8-11,14,16-20,22H2,1H3,(H2,36,37,38)/t27-,28-. The second kappa shape index (κ2) is 12.9. The number of nitrogens with zero attached hydrogens (tertiary/aromatic N) is 7. The Labute approximate surface area is 263 Å². The highest BCUT2D eigenvalue weighted by molar-refractivity contribution is 6.31. The second-order valence-electron chi connectivity index (χ2n) is 12.2. The highest BCUT2D eigenvalue weighted by atomic mass is 35.5. The van der Waals surface area contributed by atoms with E-state index >= 15 is 0 Å². The van der Waals surface area contributed by atoms with E-state index in [-0.39, 0.29) is 0 Å². The minimum Gasteiger partial charge on any atom is -0.385 e. The van der Waals surface area contributed by atoms with Gasteiger partial charge in [-0.15, -0.1) is 0 Å². The molecule has 0 spiro atoms. The maximum Gasteiger partial charge on any atom is 0.164 e. The molecule has 0 bridgehead atoms. The van der Waals surface area contributed by atoms with Gasteiger partial charge in [0.15, 0.2) is 5.65 Å². The summed E-state index contributed by atoms with van der Waals surface area (Å²) in [6, 6.07) is 17.6. The number of hydrogen-bond donors (Lipinski definition) is 1. The van der Waals surface area contributed by atoms with Crippen LogP contribution in [0.4, 0.5) is 5.82 Å². The Morgan fingerprint density at radius 3 is 2.55 bits per heavy atom. The molecule has 0 amide bonds. The fraction of sp³-hybridized carbons (Fsp3) is 0.441. The van der Waals surface area contributed by atoms with Crippen molar-refractivity contribution in [3.63, 3.8) is 0 Å². The van der Waals surface area contributed by atoms with Gasteiger partial charge in [0.2, 0.25) is 0 Å². The Morgan fingerprint density at radius 2 is 1.75 bits per heavy atom. The van der Waals surface area contributed by atoms with Gasteiger partial charge in [0.25, 0.3) is 0 Å². The molecule has 5 aromatic rings. The van der Waals surface area contributed by atoms with Gasteiger partial charge in [0.1, 0.15) is 17.8 Å². The van der Waals surface area contributed by atoms with Crippen molar-refractivity contribution in [1.82, 2.24) is 34.1 Å². The summed E-state index contributed by atoms with van der Waals surface area (Å²) in [6.45, 7) is 7.31. The molecule has 10 heteroatoms. The van der Waals surface area contributed by atoms with E-state index in [9.17, 15) is 0 Å². The number of nitrogen functional groups attached to an aromatic ring is 1. The average molecular weight is 613 g/mol. The maximum atomic E-state index is 6.48. The predicted molar refractivity (Wildman–Crippen MR) is 177 cm³/mol. The molecule has 4 heterocycles. The van der Waals surface area contributed by atoms with Crippen molar-refractivity contribution in [2.45, 2.75) is 50.7 Å². The van der Waals surface area contributed by atoms with E-state index in [0.29, 0.717) is 24.4 Å². The molecule has 2 N–H and O–H groups in total. The number of piperazine rings is 1. The molecular formula is C34H41ClN8O. The van der Waals surface area contributed by atoms with Crippen LogP contribution in [0.3, 0.4) is 0 Å². The van der Waals surface area contributed by atoms with Gasteiger partial charge in [-0.3, -0.25) is 4.90 Å². The Bertz CT molecular complexity index is 1730. The number of methoxy groups -OCH3 is 1. The SMILES string of the molecule is COCCCN1CCN([C@H]2CC[C@H](n3nc(-c4ccc5c(ccn5Cc5ccccc5Cl)c4)c4c(N)ncnc43)CC2)CC1. The normalized spacial score (nSPS) is 20.1. The van der Waals surface area contributed by atoms with Crippen LogP contribution in [0.1, 0.15) is 43.7 Å². The first kappa shape index (κ1) is 29.2. The smallest absolute Gasteiger partial charge is 0.164 e. The molecule has 44 heavy (non-hydrogen) atoms. The molecule has 7 rings (SSSR count). The molecule has 1 aliphatic heterocycles. The first-order valence-electron chi connectivity index (χ1n) is 15.9. The van der Waals surface area contributed by atoms with Gasteiger partial charge >= 0.3 is 0 Å². The number of rotatable bonds is 9. The van der Waals surface area contributed by atoms with Gasteiger partial charge in [0.05, 0.1) is 11.4 Å². The fourth-order valence-electron chi connectivity index (χ4n) is 7.20. The number of aromatic nitrogens is 5. The largest absolute Gasteiger partial charge is 0.385 e. The van der Waals surface area contributed by atoms with Crippen LogP contribution >= 0.6 is 11.6 Å². The van der Waals surface area contributed by atoms with Crippen LogP contribution in [-0.2, 0) is 11.3 Å². The van der Waals surface area contributed by atoms with Gasteiger partial charge in [-0.25, -0.2) is 14.6 Å². The highest BCUT2D eigenvalue weighted by Gasteiger charge is 2.31. The molecule has 0 radical (unpaired) electrons. The van der Waals surface area contributed by atoms with Crippen molar-refractivity contribution in [2.75, 3.05) is 52.2 Å². The van der Waals surface area contributed by atoms with Gasteiger partial charge in [-0.1, -0.05) is 35.9 Å². The van der Waals surface area contributed by atoms with Crippen LogP contribution in [0.15, 0.2) is 61.1 Å². The molecule has 3 aromatic heterocycles. The maximum absolute atomic E-state index is 6.48. The highest BCUT2D eigenvalue weighted by Crippen LogP contribution is 2.38. The summed E-state index contributed by atoms with van der Waals surface area (Å²) in [7, 11) is 1.78. The molecule has 2 aliphatic rings. The summed E-state index contributed by atoms with van der Waals surface area (Å²) in [4.78, 5) is 14.3. The van der Waals surface area contributed by atoms with E-state index in [1.54, 1.807) is 13.4 Å². The summed E-state index contributed by atoms with van der Waals surface area (Å²) < 4.78 is 9.60.